The van der Waals surface area contributed by atoms with Crippen LogP contribution in [0.5, 0.6) is 0 Å². The molecule has 1 fully saturated rings. The lowest BCUT2D eigenvalue weighted by atomic mass is 10.0. The molecule has 0 unspecified atom stereocenters. The Balaban J connectivity index is 1.82. The van der Waals surface area contributed by atoms with Crippen LogP contribution in [0, 0.1) is 0 Å². The zero-order valence-electron chi connectivity index (χ0n) is 12.2. The second-order valence-corrected chi connectivity index (χ2v) is 5.28. The molecule has 0 atom stereocenters. The summed E-state index contributed by atoms with van der Waals surface area (Å²) in [5.41, 5.74) is 0.159. The molecule has 1 amide bonds. The van der Waals surface area contributed by atoms with Crippen molar-refractivity contribution in [2.45, 2.75) is 38.8 Å². The first-order valence-corrected chi connectivity index (χ1v) is 7.23. The van der Waals surface area contributed by atoms with Gasteiger partial charge in [0.25, 0.3) is 5.91 Å². The van der Waals surface area contributed by atoms with Gasteiger partial charge in [-0.15, -0.1) is 5.10 Å². The van der Waals surface area contributed by atoms with Crippen molar-refractivity contribution in [1.29, 1.82) is 0 Å². The SMILES string of the molecule is CCCN1CCC(NC(=O)c2cn(CC(=O)O)nn2)CC1. The van der Waals surface area contributed by atoms with E-state index in [2.05, 4.69) is 27.5 Å². The minimum absolute atomic E-state index is 0.148. The number of carboxylic acids is 1. The summed E-state index contributed by atoms with van der Waals surface area (Å²) in [6, 6.07) is 0.148. The highest BCUT2D eigenvalue weighted by molar-refractivity contribution is 5.92. The van der Waals surface area contributed by atoms with Crippen LogP contribution in [0.25, 0.3) is 0 Å². The summed E-state index contributed by atoms with van der Waals surface area (Å²) in [6.45, 7) is 4.95. The summed E-state index contributed by atoms with van der Waals surface area (Å²) in [4.78, 5) is 25.0. The van der Waals surface area contributed by atoms with Crippen molar-refractivity contribution >= 4 is 11.9 Å². The predicted molar refractivity (Wildman–Crippen MR) is 74.9 cm³/mol. The molecule has 1 aliphatic rings. The van der Waals surface area contributed by atoms with Crippen LogP contribution < -0.4 is 5.32 Å². The van der Waals surface area contributed by atoms with Gasteiger partial charge in [-0.2, -0.15) is 0 Å². The molecule has 0 spiro atoms. The highest BCUT2D eigenvalue weighted by Crippen LogP contribution is 2.11. The van der Waals surface area contributed by atoms with E-state index in [1.165, 1.54) is 6.20 Å². The highest BCUT2D eigenvalue weighted by Gasteiger charge is 2.21. The fraction of sp³-hybridized carbons (Fsp3) is 0.692. The molecule has 1 aliphatic heterocycles. The van der Waals surface area contributed by atoms with Gasteiger partial charge in [0.05, 0.1) is 6.20 Å². The number of hydrogen-bond acceptors (Lipinski definition) is 5. The second kappa shape index (κ2) is 7.16. The minimum Gasteiger partial charge on any atom is -0.480 e. The summed E-state index contributed by atoms with van der Waals surface area (Å²) in [6.07, 6.45) is 4.35. The zero-order valence-corrected chi connectivity index (χ0v) is 12.2. The first-order valence-electron chi connectivity index (χ1n) is 7.23. The van der Waals surface area contributed by atoms with Gasteiger partial charge in [0.2, 0.25) is 0 Å². The molecule has 1 aromatic heterocycles. The number of carboxylic acid groups (broad SMARTS) is 1. The quantitative estimate of drug-likeness (QED) is 0.764. The van der Waals surface area contributed by atoms with E-state index in [4.69, 9.17) is 5.11 Å². The van der Waals surface area contributed by atoms with Gasteiger partial charge in [0, 0.05) is 19.1 Å². The molecule has 116 valence electrons. The number of likely N-dealkylation sites (tertiary alicyclic amines) is 1. The Hall–Kier alpha value is -1.96. The molecule has 2 heterocycles. The van der Waals surface area contributed by atoms with E-state index >= 15 is 0 Å². The minimum atomic E-state index is -1.02. The van der Waals surface area contributed by atoms with E-state index in [0.29, 0.717) is 0 Å². The first-order chi connectivity index (χ1) is 10.1. The van der Waals surface area contributed by atoms with Gasteiger partial charge in [-0.05, 0) is 25.8 Å². The number of nitrogens with one attached hydrogen (secondary N) is 1. The smallest absolute Gasteiger partial charge is 0.325 e. The number of nitrogens with zero attached hydrogens (tertiary/aromatic N) is 4. The van der Waals surface area contributed by atoms with Gasteiger partial charge in [0.1, 0.15) is 6.54 Å². The molecule has 2 N–H and O–H groups in total. The topological polar surface area (TPSA) is 100 Å². The van der Waals surface area contributed by atoms with Crippen molar-refractivity contribution in [2.24, 2.45) is 0 Å². The van der Waals surface area contributed by atoms with Crippen molar-refractivity contribution < 1.29 is 14.7 Å². The molecule has 0 aliphatic carbocycles. The van der Waals surface area contributed by atoms with Crippen LogP contribution in [-0.2, 0) is 11.3 Å². The van der Waals surface area contributed by atoms with E-state index in [-0.39, 0.29) is 24.2 Å². The number of amides is 1. The molecule has 0 aromatic carbocycles. The molecular formula is C13H21N5O3. The Labute approximate surface area is 123 Å². The molecular weight excluding hydrogens is 274 g/mol. The predicted octanol–water partition coefficient (Wildman–Crippen LogP) is -0.0331. The summed E-state index contributed by atoms with van der Waals surface area (Å²) in [5, 5.41) is 18.9. The van der Waals surface area contributed by atoms with Gasteiger partial charge in [0.15, 0.2) is 5.69 Å². The van der Waals surface area contributed by atoms with Gasteiger partial charge in [-0.3, -0.25) is 9.59 Å². The molecule has 1 aromatic rings. The molecule has 2 rings (SSSR count). The van der Waals surface area contributed by atoms with Crippen LogP contribution in [0.3, 0.4) is 0 Å². The number of rotatable bonds is 6. The second-order valence-electron chi connectivity index (χ2n) is 5.28. The molecule has 8 nitrogen and oxygen atoms in total. The van der Waals surface area contributed by atoms with Crippen LogP contribution in [0.1, 0.15) is 36.7 Å². The number of hydrogen-bond donors (Lipinski definition) is 2. The molecule has 0 bridgehead atoms. The fourth-order valence-corrected chi connectivity index (χ4v) is 2.49. The van der Waals surface area contributed by atoms with E-state index in [0.717, 1.165) is 43.6 Å². The first kappa shape index (κ1) is 15.4. The maximum atomic E-state index is 12.0. The maximum absolute atomic E-state index is 12.0. The normalized spacial score (nSPS) is 16.8. The zero-order chi connectivity index (χ0) is 15.2. The molecule has 1 saturated heterocycles. The lowest BCUT2D eigenvalue weighted by Crippen LogP contribution is -2.44. The number of piperidine rings is 1. The van der Waals surface area contributed by atoms with Crippen molar-refractivity contribution in [3.63, 3.8) is 0 Å². The van der Waals surface area contributed by atoms with E-state index in [1.54, 1.807) is 0 Å². The molecule has 8 heteroatoms. The average molecular weight is 295 g/mol. The molecule has 0 radical (unpaired) electrons. The molecule has 0 saturated carbocycles. The average Bonchev–Trinajstić information content (AvgIpc) is 2.89. The third kappa shape index (κ3) is 4.52. The van der Waals surface area contributed by atoms with Gasteiger partial charge in [-0.1, -0.05) is 12.1 Å². The molecule has 21 heavy (non-hydrogen) atoms. The van der Waals surface area contributed by atoms with E-state index < -0.39 is 5.97 Å². The van der Waals surface area contributed by atoms with Crippen molar-refractivity contribution in [2.75, 3.05) is 19.6 Å². The van der Waals surface area contributed by atoms with E-state index in [9.17, 15) is 9.59 Å². The third-order valence-electron chi connectivity index (χ3n) is 3.53. The Kier molecular flexibility index (Phi) is 5.26. The Morgan fingerprint density at radius 3 is 2.76 bits per heavy atom. The van der Waals surface area contributed by atoms with Crippen molar-refractivity contribution in [3.05, 3.63) is 11.9 Å². The van der Waals surface area contributed by atoms with Crippen LogP contribution >= 0.6 is 0 Å². The van der Waals surface area contributed by atoms with E-state index in [1.807, 2.05) is 0 Å². The number of aliphatic carboxylic acids is 1. The van der Waals surface area contributed by atoms with Gasteiger partial charge >= 0.3 is 5.97 Å². The maximum Gasteiger partial charge on any atom is 0.325 e. The number of carbonyl (C=O) groups excluding carboxylic acids is 1. The summed E-state index contributed by atoms with van der Waals surface area (Å²) in [5.74, 6) is -1.31. The lowest BCUT2D eigenvalue weighted by Gasteiger charge is -2.31. The van der Waals surface area contributed by atoms with Crippen LogP contribution in [0.2, 0.25) is 0 Å². The van der Waals surface area contributed by atoms with Crippen LogP contribution in [-0.4, -0.2) is 62.6 Å². The number of aromatic nitrogens is 3. The third-order valence-corrected chi connectivity index (χ3v) is 3.53. The standard InChI is InChI=1S/C13H21N5O3/c1-2-5-17-6-3-10(4-7-17)14-13(21)11-8-18(16-15-11)9-12(19)20/h8,10H,2-7,9H2,1H3,(H,14,21)(H,19,20). The monoisotopic (exact) mass is 295 g/mol. The van der Waals surface area contributed by atoms with Crippen molar-refractivity contribution in [1.82, 2.24) is 25.2 Å². The number of carbonyl (C=O) groups is 2. The summed E-state index contributed by atoms with van der Waals surface area (Å²) in [7, 11) is 0. The van der Waals surface area contributed by atoms with Gasteiger partial charge < -0.3 is 15.3 Å². The Morgan fingerprint density at radius 2 is 2.14 bits per heavy atom. The fourth-order valence-electron chi connectivity index (χ4n) is 2.49. The van der Waals surface area contributed by atoms with Crippen molar-refractivity contribution in [3.8, 4) is 0 Å². The van der Waals surface area contributed by atoms with Crippen LogP contribution in [0.15, 0.2) is 6.20 Å². The van der Waals surface area contributed by atoms with Crippen LogP contribution in [0.4, 0.5) is 0 Å². The lowest BCUT2D eigenvalue weighted by molar-refractivity contribution is -0.137. The summed E-state index contributed by atoms with van der Waals surface area (Å²) < 4.78 is 1.14. The largest absolute Gasteiger partial charge is 0.480 e. The summed E-state index contributed by atoms with van der Waals surface area (Å²) >= 11 is 0. The Bertz CT molecular complexity index is 494. The Morgan fingerprint density at radius 1 is 1.43 bits per heavy atom. The van der Waals surface area contributed by atoms with Gasteiger partial charge in [-0.25, -0.2) is 4.68 Å². The highest BCUT2D eigenvalue weighted by atomic mass is 16.4.